The van der Waals surface area contributed by atoms with Gasteiger partial charge in [0.15, 0.2) is 0 Å². The molecule has 0 aliphatic heterocycles. The van der Waals surface area contributed by atoms with Gasteiger partial charge in [0.1, 0.15) is 11.6 Å². The van der Waals surface area contributed by atoms with E-state index in [-0.39, 0.29) is 37.6 Å². The number of hydrogen-bond acceptors (Lipinski definition) is 6. The number of aromatic nitrogens is 1. The lowest BCUT2D eigenvalue weighted by Gasteiger charge is -2.30. The van der Waals surface area contributed by atoms with E-state index in [0.29, 0.717) is 18.4 Å². The number of pyridine rings is 1. The Hall–Kier alpha value is -0.895. The van der Waals surface area contributed by atoms with Crippen LogP contribution in [0.2, 0.25) is 6.32 Å². The standard InChI is InChI=1S/C12H19BN2O5.2ClH/c14-12(11(17)18,5-1-2-6-13(19)20)10(16)9-4-3-7-15-8-9;;/h3-4,7-8,10,16,19-20H,1-2,5-6,14H2,(H,17,18);2*1H. The number of aliphatic carboxylic acids is 1. The van der Waals surface area contributed by atoms with Crippen molar-refractivity contribution in [2.24, 2.45) is 5.73 Å². The number of nitrogens with two attached hydrogens (primary N) is 1. The van der Waals surface area contributed by atoms with Crippen molar-refractivity contribution in [2.75, 3.05) is 0 Å². The molecule has 6 N–H and O–H groups in total. The van der Waals surface area contributed by atoms with Crippen LogP contribution < -0.4 is 5.73 Å². The maximum atomic E-state index is 11.4. The topological polar surface area (TPSA) is 137 Å². The van der Waals surface area contributed by atoms with Crippen LogP contribution in [0.3, 0.4) is 0 Å². The summed E-state index contributed by atoms with van der Waals surface area (Å²) in [5.74, 6) is -1.31. The molecule has 1 heterocycles. The largest absolute Gasteiger partial charge is 0.480 e. The van der Waals surface area contributed by atoms with Gasteiger partial charge in [-0.15, -0.1) is 24.8 Å². The van der Waals surface area contributed by atoms with Crippen molar-refractivity contribution >= 4 is 37.9 Å². The summed E-state index contributed by atoms with van der Waals surface area (Å²) in [7, 11) is -1.42. The van der Waals surface area contributed by atoms with Gasteiger partial charge in [-0.25, -0.2) is 0 Å². The van der Waals surface area contributed by atoms with E-state index >= 15 is 0 Å². The molecule has 0 saturated carbocycles. The van der Waals surface area contributed by atoms with Crippen molar-refractivity contribution in [3.05, 3.63) is 30.1 Å². The molecule has 22 heavy (non-hydrogen) atoms. The molecule has 0 radical (unpaired) electrons. The molecule has 7 nitrogen and oxygen atoms in total. The molecule has 2 unspecified atom stereocenters. The lowest BCUT2D eigenvalue weighted by Crippen LogP contribution is -2.53. The minimum atomic E-state index is -1.83. The molecule has 0 aliphatic rings. The smallest absolute Gasteiger partial charge is 0.451 e. The normalized spacial score (nSPS) is 14.0. The first-order valence-electron chi connectivity index (χ1n) is 6.34. The summed E-state index contributed by atoms with van der Waals surface area (Å²) in [5, 5.41) is 36.9. The fourth-order valence-electron chi connectivity index (χ4n) is 1.94. The van der Waals surface area contributed by atoms with E-state index in [9.17, 15) is 15.0 Å². The van der Waals surface area contributed by atoms with Crippen molar-refractivity contribution in [1.82, 2.24) is 4.98 Å². The lowest BCUT2D eigenvalue weighted by atomic mass is 9.80. The van der Waals surface area contributed by atoms with Gasteiger partial charge in [-0.1, -0.05) is 18.9 Å². The number of aliphatic hydroxyl groups excluding tert-OH is 1. The molecule has 0 aliphatic carbocycles. The van der Waals surface area contributed by atoms with Crippen LogP contribution in [-0.2, 0) is 4.79 Å². The molecule has 1 rings (SSSR count). The SMILES string of the molecule is Cl.Cl.NC(CCCCB(O)O)(C(=O)O)C(O)c1cccnc1. The Labute approximate surface area is 141 Å². The molecule has 1 aromatic heterocycles. The van der Waals surface area contributed by atoms with E-state index in [4.69, 9.17) is 15.8 Å². The Bertz CT molecular complexity index is 441. The van der Waals surface area contributed by atoms with Crippen LogP contribution in [0.15, 0.2) is 24.5 Å². The molecule has 0 spiro atoms. The average molecular weight is 355 g/mol. The number of unbranched alkanes of at least 4 members (excludes halogenated alkanes) is 1. The van der Waals surface area contributed by atoms with Crippen molar-refractivity contribution in [3.8, 4) is 0 Å². The maximum absolute atomic E-state index is 11.4. The van der Waals surface area contributed by atoms with Gasteiger partial charge in [-0.05, 0) is 18.8 Å². The number of hydrogen-bond donors (Lipinski definition) is 5. The van der Waals surface area contributed by atoms with Gasteiger partial charge in [0.25, 0.3) is 0 Å². The van der Waals surface area contributed by atoms with Gasteiger partial charge >= 0.3 is 13.1 Å². The van der Waals surface area contributed by atoms with Gasteiger partial charge in [-0.2, -0.15) is 0 Å². The van der Waals surface area contributed by atoms with Gasteiger partial charge in [0, 0.05) is 18.0 Å². The number of halogens is 2. The van der Waals surface area contributed by atoms with E-state index in [2.05, 4.69) is 4.98 Å². The van der Waals surface area contributed by atoms with Crippen molar-refractivity contribution < 1.29 is 25.1 Å². The predicted octanol–water partition coefficient (Wildman–Crippen LogP) is 0.384. The number of carbonyl (C=O) groups is 1. The van der Waals surface area contributed by atoms with E-state index in [0.717, 1.165) is 0 Å². The van der Waals surface area contributed by atoms with Crippen molar-refractivity contribution in [1.29, 1.82) is 0 Å². The fourth-order valence-corrected chi connectivity index (χ4v) is 1.94. The lowest BCUT2D eigenvalue weighted by molar-refractivity contribution is -0.148. The van der Waals surface area contributed by atoms with Crippen LogP contribution >= 0.6 is 24.8 Å². The number of aliphatic hydroxyl groups is 1. The molecule has 2 atom stereocenters. The van der Waals surface area contributed by atoms with E-state index in [1.54, 1.807) is 12.1 Å². The highest BCUT2D eigenvalue weighted by Crippen LogP contribution is 2.28. The maximum Gasteiger partial charge on any atom is 0.451 e. The molecular weight excluding hydrogens is 334 g/mol. The third-order valence-electron chi connectivity index (χ3n) is 3.19. The summed E-state index contributed by atoms with van der Waals surface area (Å²) in [6, 6.07) is 3.14. The Morgan fingerprint density at radius 1 is 1.36 bits per heavy atom. The minimum absolute atomic E-state index is 0. The summed E-state index contributed by atoms with van der Waals surface area (Å²) in [4.78, 5) is 15.2. The first-order chi connectivity index (χ1) is 9.38. The fraction of sp³-hybridized carbons (Fsp3) is 0.500. The van der Waals surface area contributed by atoms with Crippen LogP contribution in [0.1, 0.15) is 30.9 Å². The molecule has 0 bridgehead atoms. The zero-order valence-corrected chi connectivity index (χ0v) is 13.5. The second-order valence-electron chi connectivity index (χ2n) is 4.76. The number of nitrogens with zero attached hydrogens (tertiary/aromatic N) is 1. The Morgan fingerprint density at radius 3 is 2.45 bits per heavy atom. The second kappa shape index (κ2) is 10.8. The van der Waals surface area contributed by atoms with Gasteiger partial charge in [-0.3, -0.25) is 9.78 Å². The summed E-state index contributed by atoms with van der Waals surface area (Å²) >= 11 is 0. The number of carboxylic acid groups (broad SMARTS) is 1. The summed E-state index contributed by atoms with van der Waals surface area (Å²) < 4.78 is 0. The highest BCUT2D eigenvalue weighted by molar-refractivity contribution is 6.40. The third-order valence-corrected chi connectivity index (χ3v) is 3.19. The predicted molar refractivity (Wildman–Crippen MR) is 87.1 cm³/mol. The van der Waals surface area contributed by atoms with Gasteiger partial charge < -0.3 is 26.0 Å². The quantitative estimate of drug-likeness (QED) is 0.336. The van der Waals surface area contributed by atoms with Crippen LogP contribution in [0.4, 0.5) is 0 Å². The molecule has 0 fully saturated rings. The van der Waals surface area contributed by atoms with Crippen molar-refractivity contribution in [3.63, 3.8) is 0 Å². The average Bonchev–Trinajstić information content (AvgIpc) is 2.43. The molecule has 0 aromatic carbocycles. The Morgan fingerprint density at radius 2 is 2.00 bits per heavy atom. The van der Waals surface area contributed by atoms with E-state index in [1.165, 1.54) is 12.4 Å². The molecule has 1 aromatic rings. The van der Waals surface area contributed by atoms with Crippen molar-refractivity contribution in [2.45, 2.75) is 37.2 Å². The summed E-state index contributed by atoms with van der Waals surface area (Å²) in [6.45, 7) is 0. The molecule has 0 amide bonds. The monoisotopic (exact) mass is 354 g/mol. The first kappa shape index (κ1) is 23.4. The van der Waals surface area contributed by atoms with Gasteiger partial charge in [0.05, 0.1) is 0 Å². The Kier molecular flexibility index (Phi) is 11.4. The van der Waals surface area contributed by atoms with Crippen LogP contribution in [0, 0.1) is 0 Å². The minimum Gasteiger partial charge on any atom is -0.480 e. The van der Waals surface area contributed by atoms with Gasteiger partial charge in [0.2, 0.25) is 0 Å². The van der Waals surface area contributed by atoms with Crippen LogP contribution in [0.25, 0.3) is 0 Å². The third kappa shape index (κ3) is 6.47. The Balaban J connectivity index is 0. The first-order valence-corrected chi connectivity index (χ1v) is 6.34. The molecular formula is C12H21BCl2N2O5. The zero-order chi connectivity index (χ0) is 15.2. The highest BCUT2D eigenvalue weighted by Gasteiger charge is 2.42. The van der Waals surface area contributed by atoms with E-state index in [1.807, 2.05) is 0 Å². The van der Waals surface area contributed by atoms with E-state index < -0.39 is 24.7 Å². The summed E-state index contributed by atoms with van der Waals surface area (Å²) in [6.07, 6.45) is 2.42. The van der Waals surface area contributed by atoms with Crippen LogP contribution in [0.5, 0.6) is 0 Å². The number of carboxylic acids is 1. The molecule has 126 valence electrons. The number of rotatable bonds is 8. The molecule has 0 saturated heterocycles. The summed E-state index contributed by atoms with van der Waals surface area (Å²) in [5.41, 5.74) is 4.33. The van der Waals surface area contributed by atoms with Crippen LogP contribution in [-0.4, -0.2) is 43.9 Å². The highest BCUT2D eigenvalue weighted by atomic mass is 35.5. The molecule has 10 heteroatoms. The zero-order valence-electron chi connectivity index (χ0n) is 11.8. The second-order valence-corrected chi connectivity index (χ2v) is 4.76.